The van der Waals surface area contributed by atoms with Gasteiger partial charge in [-0.1, -0.05) is 91.9 Å². The van der Waals surface area contributed by atoms with Gasteiger partial charge in [0.25, 0.3) is 0 Å². The van der Waals surface area contributed by atoms with E-state index in [1.54, 1.807) is 6.92 Å². The molecule has 0 saturated carbocycles. The van der Waals surface area contributed by atoms with Crippen molar-refractivity contribution in [3.05, 3.63) is 96.1 Å². The summed E-state index contributed by atoms with van der Waals surface area (Å²) in [7, 11) is -0.638. The number of benzene rings is 3. The Morgan fingerprint density at radius 2 is 1.32 bits per heavy atom. The van der Waals surface area contributed by atoms with Crippen molar-refractivity contribution in [2.24, 2.45) is 0 Å². The third-order valence-electron chi connectivity index (χ3n) is 5.60. The Balaban J connectivity index is 1.87. The van der Waals surface area contributed by atoms with Crippen LogP contribution in [0.1, 0.15) is 25.0 Å². The standard InChI is InChI=1S/C25H26NOP/c1-20(27)26-18-22-12-10-9-11-21(22)17-25(2,19-26)28(23-13-5-3-6-14-23)24-15-7-4-8-16-24/h3-16H,17-19H2,1-2H3. The van der Waals surface area contributed by atoms with Crippen LogP contribution in [0.4, 0.5) is 0 Å². The zero-order valence-corrected chi connectivity index (χ0v) is 17.4. The van der Waals surface area contributed by atoms with Crippen LogP contribution >= 0.6 is 7.92 Å². The minimum absolute atomic E-state index is 0.0453. The summed E-state index contributed by atoms with van der Waals surface area (Å²) < 4.78 is 0. The average Bonchev–Trinajstić information content (AvgIpc) is 2.86. The van der Waals surface area contributed by atoms with E-state index >= 15 is 0 Å². The number of hydrogen-bond donors (Lipinski definition) is 0. The third-order valence-corrected chi connectivity index (χ3v) is 8.60. The molecule has 3 heteroatoms. The van der Waals surface area contributed by atoms with E-state index in [-0.39, 0.29) is 11.1 Å². The highest BCUT2D eigenvalue weighted by atomic mass is 31.1. The molecule has 142 valence electrons. The van der Waals surface area contributed by atoms with Gasteiger partial charge < -0.3 is 4.90 Å². The number of carbonyl (C=O) groups excluding carboxylic acids is 1. The van der Waals surface area contributed by atoms with Crippen molar-refractivity contribution >= 4 is 24.4 Å². The summed E-state index contributed by atoms with van der Waals surface area (Å²) in [5.41, 5.74) is 2.64. The monoisotopic (exact) mass is 387 g/mol. The maximum Gasteiger partial charge on any atom is 0.219 e. The fraction of sp³-hybridized carbons (Fsp3) is 0.240. The number of amides is 1. The second-order valence-corrected chi connectivity index (χ2v) is 10.6. The van der Waals surface area contributed by atoms with E-state index in [0.29, 0.717) is 6.54 Å². The molecular formula is C25H26NOP. The summed E-state index contributed by atoms with van der Waals surface area (Å²) in [5.74, 6) is 0.152. The lowest BCUT2D eigenvalue weighted by Gasteiger charge is -2.40. The molecule has 0 N–H and O–H groups in total. The average molecular weight is 387 g/mol. The van der Waals surface area contributed by atoms with Gasteiger partial charge in [0.2, 0.25) is 5.91 Å². The van der Waals surface area contributed by atoms with Gasteiger partial charge in [-0.2, -0.15) is 0 Å². The van der Waals surface area contributed by atoms with Crippen LogP contribution in [0.25, 0.3) is 0 Å². The summed E-state index contributed by atoms with van der Waals surface area (Å²) in [4.78, 5) is 14.5. The molecular weight excluding hydrogens is 361 g/mol. The normalized spacial score (nSPS) is 19.2. The van der Waals surface area contributed by atoms with Gasteiger partial charge in [-0.05, 0) is 36.1 Å². The van der Waals surface area contributed by atoms with E-state index in [1.807, 2.05) is 4.90 Å². The molecule has 1 unspecified atom stereocenters. The van der Waals surface area contributed by atoms with E-state index < -0.39 is 7.92 Å². The van der Waals surface area contributed by atoms with Crippen LogP contribution in [0.15, 0.2) is 84.9 Å². The lowest BCUT2D eigenvalue weighted by atomic mass is 9.98. The molecule has 2 nitrogen and oxygen atoms in total. The minimum Gasteiger partial charge on any atom is -0.338 e. The molecule has 4 rings (SSSR count). The Morgan fingerprint density at radius 3 is 1.86 bits per heavy atom. The highest BCUT2D eigenvalue weighted by Crippen LogP contribution is 2.51. The molecule has 1 atom stereocenters. The second-order valence-electron chi connectivity index (χ2n) is 7.82. The topological polar surface area (TPSA) is 20.3 Å². The quantitative estimate of drug-likeness (QED) is 0.607. The van der Waals surface area contributed by atoms with E-state index in [4.69, 9.17) is 0 Å². The molecule has 1 heterocycles. The van der Waals surface area contributed by atoms with Gasteiger partial charge in [0.05, 0.1) is 0 Å². The summed E-state index contributed by atoms with van der Waals surface area (Å²) in [6.07, 6.45) is 0.975. The summed E-state index contributed by atoms with van der Waals surface area (Å²) in [5, 5.41) is 2.69. The first kappa shape index (κ1) is 18.9. The zero-order valence-electron chi connectivity index (χ0n) is 16.5. The van der Waals surface area contributed by atoms with Crippen LogP contribution in [-0.4, -0.2) is 22.5 Å². The number of nitrogens with zero attached hydrogens (tertiary/aromatic N) is 1. The third kappa shape index (κ3) is 3.75. The number of hydrogen-bond acceptors (Lipinski definition) is 1. The molecule has 28 heavy (non-hydrogen) atoms. The fourth-order valence-electron chi connectivity index (χ4n) is 4.32. The van der Waals surface area contributed by atoms with Gasteiger partial charge in [-0.15, -0.1) is 0 Å². The molecule has 3 aromatic rings. The maximum atomic E-state index is 12.5. The van der Waals surface area contributed by atoms with E-state index in [0.717, 1.165) is 13.0 Å². The van der Waals surface area contributed by atoms with Crippen molar-refractivity contribution in [3.8, 4) is 0 Å². The van der Waals surface area contributed by atoms with Crippen molar-refractivity contribution in [1.82, 2.24) is 4.90 Å². The first-order valence-corrected chi connectivity index (χ1v) is 11.1. The van der Waals surface area contributed by atoms with Gasteiger partial charge in [-0.25, -0.2) is 0 Å². The minimum atomic E-state index is -0.638. The molecule has 0 aromatic heterocycles. The lowest BCUT2D eigenvalue weighted by Crippen LogP contribution is -2.44. The van der Waals surface area contributed by atoms with Gasteiger partial charge in [0.15, 0.2) is 0 Å². The van der Waals surface area contributed by atoms with E-state index in [2.05, 4.69) is 91.9 Å². The van der Waals surface area contributed by atoms with Crippen LogP contribution in [-0.2, 0) is 17.8 Å². The predicted octanol–water partition coefficient (Wildman–Crippen LogP) is 4.48. The number of rotatable bonds is 3. The van der Waals surface area contributed by atoms with Gasteiger partial charge in [0, 0.05) is 25.2 Å². The SMILES string of the molecule is CC(=O)N1Cc2ccccc2CC(C)(P(c2ccccc2)c2ccccc2)C1. The molecule has 1 amide bonds. The van der Waals surface area contributed by atoms with Crippen molar-refractivity contribution in [2.45, 2.75) is 32.0 Å². The highest BCUT2D eigenvalue weighted by Gasteiger charge is 2.40. The highest BCUT2D eigenvalue weighted by molar-refractivity contribution is 7.74. The largest absolute Gasteiger partial charge is 0.338 e. The summed E-state index contributed by atoms with van der Waals surface area (Å²) in [6.45, 7) is 5.54. The molecule has 0 aliphatic carbocycles. The molecule has 1 aliphatic rings. The zero-order chi connectivity index (χ0) is 19.6. The number of carbonyl (C=O) groups is 1. The molecule has 0 saturated heterocycles. The van der Waals surface area contributed by atoms with Gasteiger partial charge >= 0.3 is 0 Å². The van der Waals surface area contributed by atoms with Crippen molar-refractivity contribution in [2.75, 3.05) is 6.54 Å². The van der Waals surface area contributed by atoms with Crippen LogP contribution in [0.2, 0.25) is 0 Å². The van der Waals surface area contributed by atoms with Gasteiger partial charge in [-0.3, -0.25) is 4.79 Å². The van der Waals surface area contributed by atoms with Crippen LogP contribution < -0.4 is 10.6 Å². The summed E-state index contributed by atoms with van der Waals surface area (Å²) in [6, 6.07) is 30.3. The Morgan fingerprint density at radius 1 is 0.821 bits per heavy atom. The summed E-state index contributed by atoms with van der Waals surface area (Å²) >= 11 is 0. The molecule has 3 aromatic carbocycles. The van der Waals surface area contributed by atoms with Gasteiger partial charge in [0.1, 0.15) is 0 Å². The van der Waals surface area contributed by atoms with Crippen LogP contribution in [0.5, 0.6) is 0 Å². The molecule has 0 fully saturated rings. The molecule has 0 bridgehead atoms. The first-order chi connectivity index (χ1) is 13.6. The van der Waals surface area contributed by atoms with Crippen molar-refractivity contribution < 1.29 is 4.79 Å². The van der Waals surface area contributed by atoms with Crippen molar-refractivity contribution in [3.63, 3.8) is 0 Å². The smallest absolute Gasteiger partial charge is 0.219 e. The number of fused-ring (bicyclic) bond motifs is 1. The predicted molar refractivity (Wildman–Crippen MR) is 119 cm³/mol. The molecule has 0 radical (unpaired) electrons. The Bertz CT molecular complexity index is 917. The van der Waals surface area contributed by atoms with Crippen LogP contribution in [0.3, 0.4) is 0 Å². The molecule has 1 aliphatic heterocycles. The maximum absolute atomic E-state index is 12.5. The van der Waals surface area contributed by atoms with Crippen LogP contribution in [0, 0.1) is 0 Å². The van der Waals surface area contributed by atoms with E-state index in [9.17, 15) is 4.79 Å². The second kappa shape index (κ2) is 7.89. The Hall–Kier alpha value is -2.44. The first-order valence-electron chi connectivity index (χ1n) is 9.79. The Labute approximate surface area is 169 Å². The fourth-order valence-corrected chi connectivity index (χ4v) is 7.45. The van der Waals surface area contributed by atoms with E-state index in [1.165, 1.54) is 21.7 Å². The Kier molecular flexibility index (Phi) is 5.33. The lowest BCUT2D eigenvalue weighted by molar-refractivity contribution is -0.129. The van der Waals surface area contributed by atoms with Crippen molar-refractivity contribution in [1.29, 1.82) is 0 Å². The molecule has 0 spiro atoms.